The summed E-state index contributed by atoms with van der Waals surface area (Å²) >= 11 is 3.34. The van der Waals surface area contributed by atoms with Crippen LogP contribution in [-0.2, 0) is 11.2 Å². The summed E-state index contributed by atoms with van der Waals surface area (Å²) in [5.74, 6) is 1.05. The van der Waals surface area contributed by atoms with E-state index in [-0.39, 0.29) is 5.91 Å². The van der Waals surface area contributed by atoms with Crippen LogP contribution in [0, 0.1) is 0 Å². The number of furan rings is 1. The molecule has 0 aliphatic rings. The van der Waals surface area contributed by atoms with Crippen molar-refractivity contribution in [3.63, 3.8) is 0 Å². The number of nitrogens with zero attached hydrogens (tertiary/aromatic N) is 1. The molecule has 84 valence electrons. The Balaban J connectivity index is 2.23. The summed E-state index contributed by atoms with van der Waals surface area (Å²) in [5.41, 5.74) is 0. The molecule has 1 rings (SSSR count). The van der Waals surface area contributed by atoms with E-state index in [1.807, 2.05) is 19.2 Å². The minimum absolute atomic E-state index is 0.173. The smallest absolute Gasteiger partial charge is 0.222 e. The highest BCUT2D eigenvalue weighted by Gasteiger charge is 2.08. The number of rotatable bonds is 6. The summed E-state index contributed by atoms with van der Waals surface area (Å²) in [7, 11) is 1.84. The van der Waals surface area contributed by atoms with E-state index in [9.17, 15) is 4.79 Å². The van der Waals surface area contributed by atoms with Gasteiger partial charge in [-0.2, -0.15) is 0 Å². The van der Waals surface area contributed by atoms with Crippen LogP contribution in [-0.4, -0.2) is 29.7 Å². The first-order chi connectivity index (χ1) is 7.24. The van der Waals surface area contributed by atoms with Crippen LogP contribution in [0.25, 0.3) is 0 Å². The van der Waals surface area contributed by atoms with Gasteiger partial charge in [-0.05, 0) is 18.6 Å². The molecular weight excluding hydrogens is 258 g/mol. The predicted octanol–water partition coefficient (Wildman–Crippen LogP) is 2.46. The van der Waals surface area contributed by atoms with Gasteiger partial charge in [-0.25, -0.2) is 0 Å². The number of hydrogen-bond donors (Lipinski definition) is 0. The first-order valence-corrected chi connectivity index (χ1v) is 6.18. The Bertz CT molecular complexity index is 285. The van der Waals surface area contributed by atoms with E-state index < -0.39 is 0 Å². The number of amides is 1. The summed E-state index contributed by atoms with van der Waals surface area (Å²) in [6.45, 7) is 0.808. The van der Waals surface area contributed by atoms with Crippen molar-refractivity contribution in [3.05, 3.63) is 24.2 Å². The van der Waals surface area contributed by atoms with E-state index in [0.717, 1.165) is 24.1 Å². The average molecular weight is 274 g/mol. The second-order valence-corrected chi connectivity index (χ2v) is 4.23. The molecule has 0 spiro atoms. The standard InChI is InChI=1S/C11H16BrNO2/c1-13(8-3-7-12)11(14)6-5-10-4-2-9-15-10/h2,4,9H,3,5-8H2,1H3. The van der Waals surface area contributed by atoms with Crippen molar-refractivity contribution < 1.29 is 9.21 Å². The molecule has 1 aromatic heterocycles. The van der Waals surface area contributed by atoms with Crippen molar-refractivity contribution >= 4 is 21.8 Å². The zero-order valence-corrected chi connectivity index (χ0v) is 10.5. The lowest BCUT2D eigenvalue weighted by Gasteiger charge is -2.15. The van der Waals surface area contributed by atoms with E-state index in [4.69, 9.17) is 4.42 Å². The zero-order valence-electron chi connectivity index (χ0n) is 8.91. The number of alkyl halides is 1. The third-order valence-corrected chi connectivity index (χ3v) is 2.78. The first kappa shape index (κ1) is 12.3. The molecule has 0 atom stereocenters. The van der Waals surface area contributed by atoms with Crippen LogP contribution in [0.3, 0.4) is 0 Å². The average Bonchev–Trinajstić information content (AvgIpc) is 2.75. The molecule has 0 radical (unpaired) electrons. The van der Waals surface area contributed by atoms with Crippen LogP contribution in [0.15, 0.2) is 22.8 Å². The molecule has 0 saturated heterocycles. The Morgan fingerprint density at radius 1 is 1.60 bits per heavy atom. The maximum Gasteiger partial charge on any atom is 0.222 e. The SMILES string of the molecule is CN(CCCBr)C(=O)CCc1ccco1. The molecule has 3 nitrogen and oxygen atoms in total. The fourth-order valence-electron chi connectivity index (χ4n) is 1.30. The van der Waals surface area contributed by atoms with Crippen molar-refractivity contribution in [2.45, 2.75) is 19.3 Å². The molecule has 0 saturated carbocycles. The van der Waals surface area contributed by atoms with Crippen molar-refractivity contribution in [1.82, 2.24) is 4.90 Å². The van der Waals surface area contributed by atoms with Crippen LogP contribution >= 0.6 is 15.9 Å². The van der Waals surface area contributed by atoms with Crippen molar-refractivity contribution in [2.24, 2.45) is 0 Å². The van der Waals surface area contributed by atoms with Crippen molar-refractivity contribution in [1.29, 1.82) is 0 Å². The molecule has 0 aliphatic heterocycles. The Hall–Kier alpha value is -0.770. The van der Waals surface area contributed by atoms with Crippen LogP contribution in [0.5, 0.6) is 0 Å². The van der Waals surface area contributed by atoms with Crippen LogP contribution in [0.4, 0.5) is 0 Å². The van der Waals surface area contributed by atoms with Crippen LogP contribution < -0.4 is 0 Å². The summed E-state index contributed by atoms with van der Waals surface area (Å²) < 4.78 is 5.17. The Kier molecular flexibility index (Phi) is 5.47. The van der Waals surface area contributed by atoms with Gasteiger partial charge in [0.15, 0.2) is 0 Å². The number of carbonyl (C=O) groups excluding carboxylic acids is 1. The summed E-state index contributed by atoms with van der Waals surface area (Å²) in [6, 6.07) is 3.74. The topological polar surface area (TPSA) is 33.5 Å². The van der Waals surface area contributed by atoms with Gasteiger partial charge in [0.25, 0.3) is 0 Å². The molecule has 0 aliphatic carbocycles. The number of hydrogen-bond acceptors (Lipinski definition) is 2. The Morgan fingerprint density at radius 3 is 3.00 bits per heavy atom. The number of halogens is 1. The van der Waals surface area contributed by atoms with E-state index >= 15 is 0 Å². The van der Waals surface area contributed by atoms with E-state index in [1.165, 1.54) is 0 Å². The molecule has 0 aromatic carbocycles. The predicted molar refractivity (Wildman–Crippen MR) is 63.1 cm³/mol. The highest BCUT2D eigenvalue weighted by atomic mass is 79.9. The van der Waals surface area contributed by atoms with Gasteiger partial charge >= 0.3 is 0 Å². The lowest BCUT2D eigenvalue weighted by atomic mass is 10.2. The molecule has 0 N–H and O–H groups in total. The van der Waals surface area contributed by atoms with Gasteiger partial charge in [0, 0.05) is 31.8 Å². The highest BCUT2D eigenvalue weighted by molar-refractivity contribution is 9.09. The summed E-state index contributed by atoms with van der Waals surface area (Å²) in [5, 5.41) is 0.933. The molecule has 0 fully saturated rings. The Labute approximate surface area is 98.6 Å². The van der Waals surface area contributed by atoms with E-state index in [1.54, 1.807) is 11.2 Å². The van der Waals surface area contributed by atoms with E-state index in [2.05, 4.69) is 15.9 Å². The maximum absolute atomic E-state index is 11.6. The number of carbonyl (C=O) groups is 1. The molecule has 1 aromatic rings. The second-order valence-electron chi connectivity index (χ2n) is 3.44. The maximum atomic E-state index is 11.6. The van der Waals surface area contributed by atoms with Crippen molar-refractivity contribution in [2.75, 3.05) is 18.9 Å². The third kappa shape index (κ3) is 4.51. The Morgan fingerprint density at radius 2 is 2.40 bits per heavy atom. The summed E-state index contributed by atoms with van der Waals surface area (Å²) in [4.78, 5) is 13.4. The largest absolute Gasteiger partial charge is 0.469 e. The first-order valence-electron chi connectivity index (χ1n) is 5.06. The molecule has 0 unspecified atom stereocenters. The van der Waals surface area contributed by atoms with Gasteiger partial charge in [-0.3, -0.25) is 4.79 Å². The van der Waals surface area contributed by atoms with E-state index in [0.29, 0.717) is 12.8 Å². The quantitative estimate of drug-likeness (QED) is 0.746. The monoisotopic (exact) mass is 273 g/mol. The minimum Gasteiger partial charge on any atom is -0.469 e. The highest BCUT2D eigenvalue weighted by Crippen LogP contribution is 2.05. The second kappa shape index (κ2) is 6.67. The molecule has 4 heteroatoms. The molecule has 0 bridgehead atoms. The van der Waals surface area contributed by atoms with Crippen molar-refractivity contribution in [3.8, 4) is 0 Å². The fourth-order valence-corrected chi connectivity index (χ4v) is 1.55. The van der Waals surface area contributed by atoms with Gasteiger partial charge in [0.2, 0.25) is 5.91 Å². The summed E-state index contributed by atoms with van der Waals surface area (Å²) in [6.07, 6.45) is 3.83. The lowest BCUT2D eigenvalue weighted by molar-refractivity contribution is -0.129. The molecule has 1 heterocycles. The zero-order chi connectivity index (χ0) is 11.1. The van der Waals surface area contributed by atoms with Gasteiger partial charge in [0.1, 0.15) is 5.76 Å². The van der Waals surface area contributed by atoms with Crippen LogP contribution in [0.1, 0.15) is 18.6 Å². The minimum atomic E-state index is 0.173. The van der Waals surface area contributed by atoms with Gasteiger partial charge in [0.05, 0.1) is 6.26 Å². The van der Waals surface area contributed by atoms with Gasteiger partial charge in [-0.1, -0.05) is 15.9 Å². The fraction of sp³-hybridized carbons (Fsp3) is 0.545. The third-order valence-electron chi connectivity index (χ3n) is 2.22. The molecule has 15 heavy (non-hydrogen) atoms. The number of aryl methyl sites for hydroxylation is 1. The normalized spacial score (nSPS) is 10.3. The molecule has 1 amide bonds. The lowest BCUT2D eigenvalue weighted by Crippen LogP contribution is -2.28. The van der Waals surface area contributed by atoms with Gasteiger partial charge < -0.3 is 9.32 Å². The van der Waals surface area contributed by atoms with Gasteiger partial charge in [-0.15, -0.1) is 0 Å². The van der Waals surface area contributed by atoms with Crippen LogP contribution in [0.2, 0.25) is 0 Å². The molecular formula is C11H16BrNO2.